The first-order valence-corrected chi connectivity index (χ1v) is 12.5. The zero-order chi connectivity index (χ0) is 28.5. The predicted molar refractivity (Wildman–Crippen MR) is 148 cm³/mol. The zero-order valence-electron chi connectivity index (χ0n) is 21.4. The first-order chi connectivity index (χ1) is 19.4. The third-order valence-corrected chi connectivity index (χ3v) is 5.87. The second-order valence-electron chi connectivity index (χ2n) is 8.49. The van der Waals surface area contributed by atoms with Gasteiger partial charge in [-0.3, -0.25) is 29.1 Å². The molecule has 0 atom stereocenters. The van der Waals surface area contributed by atoms with E-state index in [9.17, 15) is 19.2 Å². The summed E-state index contributed by atoms with van der Waals surface area (Å²) in [5.74, 6) is 1.53. The number of nitrogens with one attached hydrogen (secondary N) is 2. The van der Waals surface area contributed by atoms with E-state index in [0.29, 0.717) is 39.6 Å². The summed E-state index contributed by atoms with van der Waals surface area (Å²) in [5, 5.41) is 19.8. The predicted octanol–water partition coefficient (Wildman–Crippen LogP) is 0.581. The molecule has 0 saturated carbocycles. The standard InChI is InChI=1S/C18H24O6.C10H4N2O4/c19-7-9-21-11-13-23-17-5-1-3-15-16(17)4-2-6-18(15)24-14-12-22-10-8-20;13-7-3-1-4-6(10(16)12-8(4)14)2-5(3)9(15)11-7/h1-6,19-20H,7-14H2;1-2H,(H,11,13,15)(H,12,14,16). The number of ether oxygens (including phenoxy) is 4. The monoisotopic (exact) mass is 552 g/mol. The molecule has 210 valence electrons. The molecule has 5 aromatic rings. The minimum Gasteiger partial charge on any atom is -0.491 e. The molecule has 4 N–H and O–H groups in total. The fourth-order valence-corrected chi connectivity index (χ4v) is 4.09. The van der Waals surface area contributed by atoms with Crippen molar-refractivity contribution in [3.05, 3.63) is 89.9 Å². The molecule has 0 aliphatic heterocycles. The van der Waals surface area contributed by atoms with Gasteiger partial charge in [-0.05, 0) is 24.3 Å². The smallest absolute Gasteiger partial charge is 0.258 e. The van der Waals surface area contributed by atoms with Crippen molar-refractivity contribution in [1.29, 1.82) is 0 Å². The molecule has 2 aromatic heterocycles. The zero-order valence-corrected chi connectivity index (χ0v) is 21.4. The highest BCUT2D eigenvalue weighted by molar-refractivity contribution is 5.97. The number of benzene rings is 3. The van der Waals surface area contributed by atoms with Gasteiger partial charge in [0.25, 0.3) is 22.2 Å². The third-order valence-electron chi connectivity index (χ3n) is 5.87. The maximum absolute atomic E-state index is 11.3. The van der Waals surface area contributed by atoms with Crippen LogP contribution in [0.25, 0.3) is 32.3 Å². The number of H-pyrrole nitrogens is 2. The van der Waals surface area contributed by atoms with Crippen LogP contribution in [0.5, 0.6) is 11.5 Å². The lowest BCUT2D eigenvalue weighted by Crippen LogP contribution is -2.10. The minimum absolute atomic E-state index is 0.0109. The number of fused-ring (bicyclic) bond motifs is 3. The molecule has 0 amide bonds. The van der Waals surface area contributed by atoms with Crippen LogP contribution in [0.15, 0.2) is 67.7 Å². The molecule has 40 heavy (non-hydrogen) atoms. The highest BCUT2D eigenvalue weighted by Gasteiger charge is 2.12. The number of aromatic nitrogens is 2. The second-order valence-corrected chi connectivity index (χ2v) is 8.49. The average Bonchev–Trinajstić information content (AvgIpc) is 3.40. The molecule has 0 radical (unpaired) electrons. The molecule has 2 heterocycles. The van der Waals surface area contributed by atoms with Gasteiger partial charge in [0.2, 0.25) is 0 Å². The molecule has 3 aromatic carbocycles. The van der Waals surface area contributed by atoms with Gasteiger partial charge in [-0.1, -0.05) is 24.3 Å². The Balaban J connectivity index is 0.000000199. The van der Waals surface area contributed by atoms with Crippen LogP contribution in [0.4, 0.5) is 0 Å². The van der Waals surface area contributed by atoms with E-state index in [-0.39, 0.29) is 34.8 Å². The van der Waals surface area contributed by atoms with E-state index in [1.807, 2.05) is 36.4 Å². The molecule has 0 bridgehead atoms. The summed E-state index contributed by atoms with van der Waals surface area (Å²) in [5.41, 5.74) is -2.19. The van der Waals surface area contributed by atoms with Crippen LogP contribution in [-0.4, -0.2) is 73.0 Å². The largest absolute Gasteiger partial charge is 0.491 e. The van der Waals surface area contributed by atoms with Gasteiger partial charge in [-0.25, -0.2) is 0 Å². The molecule has 0 aliphatic carbocycles. The maximum atomic E-state index is 11.3. The Morgan fingerprint density at radius 2 is 0.875 bits per heavy atom. The number of aliphatic hydroxyl groups excluding tert-OH is 2. The van der Waals surface area contributed by atoms with Crippen LogP contribution >= 0.6 is 0 Å². The summed E-state index contributed by atoms with van der Waals surface area (Å²) < 4.78 is 21.9. The molecule has 0 spiro atoms. The van der Waals surface area contributed by atoms with Crippen molar-refractivity contribution in [2.45, 2.75) is 0 Å². The SMILES string of the molecule is O=c1[nH]c(=O)c2cc3c(=O)[nH]c(=O)c3cc12.OCCOCCOc1cccc2c(OCCOCCO)cccc12. The highest BCUT2D eigenvalue weighted by Crippen LogP contribution is 2.32. The molecule has 0 aliphatic rings. The van der Waals surface area contributed by atoms with E-state index in [2.05, 4.69) is 9.97 Å². The van der Waals surface area contributed by atoms with Gasteiger partial charge >= 0.3 is 0 Å². The molecule has 12 heteroatoms. The minimum atomic E-state index is -0.546. The van der Waals surface area contributed by atoms with Crippen LogP contribution in [0.1, 0.15) is 0 Å². The van der Waals surface area contributed by atoms with E-state index in [1.54, 1.807) is 0 Å². The van der Waals surface area contributed by atoms with Gasteiger partial charge in [-0.2, -0.15) is 0 Å². The van der Waals surface area contributed by atoms with Crippen molar-refractivity contribution < 1.29 is 29.2 Å². The summed E-state index contributed by atoms with van der Waals surface area (Å²) >= 11 is 0. The van der Waals surface area contributed by atoms with E-state index in [0.717, 1.165) is 22.3 Å². The lowest BCUT2D eigenvalue weighted by Gasteiger charge is -2.13. The molecule has 0 saturated heterocycles. The van der Waals surface area contributed by atoms with Crippen molar-refractivity contribution in [2.75, 3.05) is 52.9 Å². The van der Waals surface area contributed by atoms with E-state index < -0.39 is 22.2 Å². The Morgan fingerprint density at radius 3 is 1.23 bits per heavy atom. The van der Waals surface area contributed by atoms with E-state index >= 15 is 0 Å². The van der Waals surface area contributed by atoms with Crippen molar-refractivity contribution in [3.8, 4) is 11.5 Å². The average molecular weight is 553 g/mol. The Kier molecular flexibility index (Phi) is 9.76. The van der Waals surface area contributed by atoms with Crippen molar-refractivity contribution in [3.63, 3.8) is 0 Å². The first-order valence-electron chi connectivity index (χ1n) is 12.5. The number of aliphatic hydroxyl groups is 2. The number of hydrogen-bond acceptors (Lipinski definition) is 10. The van der Waals surface area contributed by atoms with E-state index in [1.165, 1.54) is 12.1 Å². The van der Waals surface area contributed by atoms with Crippen LogP contribution in [-0.2, 0) is 9.47 Å². The van der Waals surface area contributed by atoms with Gasteiger partial charge in [0.15, 0.2) is 0 Å². The fourth-order valence-electron chi connectivity index (χ4n) is 4.09. The summed E-state index contributed by atoms with van der Waals surface area (Å²) in [6, 6.07) is 14.1. The van der Waals surface area contributed by atoms with Gasteiger partial charge in [-0.15, -0.1) is 0 Å². The molecule has 0 fully saturated rings. The molecule has 0 unspecified atom stereocenters. The van der Waals surface area contributed by atoms with Crippen LogP contribution in [0.2, 0.25) is 0 Å². The number of aromatic amines is 2. The molecular weight excluding hydrogens is 524 g/mol. The Bertz CT molecular complexity index is 1580. The third kappa shape index (κ3) is 6.61. The van der Waals surface area contributed by atoms with Crippen LogP contribution in [0.3, 0.4) is 0 Å². The van der Waals surface area contributed by atoms with Gasteiger partial charge in [0, 0.05) is 10.8 Å². The number of hydrogen-bond donors (Lipinski definition) is 4. The summed E-state index contributed by atoms with van der Waals surface area (Å²) in [4.78, 5) is 49.4. The van der Waals surface area contributed by atoms with Crippen molar-refractivity contribution in [1.82, 2.24) is 9.97 Å². The topological polar surface area (TPSA) is 177 Å². The van der Waals surface area contributed by atoms with Gasteiger partial charge < -0.3 is 29.2 Å². The first kappa shape index (κ1) is 28.6. The lowest BCUT2D eigenvalue weighted by atomic mass is 10.1. The van der Waals surface area contributed by atoms with Crippen molar-refractivity contribution in [2.24, 2.45) is 0 Å². The normalized spacial score (nSPS) is 11.2. The van der Waals surface area contributed by atoms with E-state index in [4.69, 9.17) is 29.2 Å². The Hall–Kier alpha value is -4.36. The van der Waals surface area contributed by atoms with Crippen LogP contribution in [0, 0.1) is 0 Å². The van der Waals surface area contributed by atoms with Crippen LogP contribution < -0.4 is 31.7 Å². The second kappa shape index (κ2) is 13.6. The maximum Gasteiger partial charge on any atom is 0.258 e. The summed E-state index contributed by atoms with van der Waals surface area (Å²) in [6.45, 7) is 2.33. The highest BCUT2D eigenvalue weighted by atomic mass is 16.5. The van der Waals surface area contributed by atoms with Gasteiger partial charge in [0.1, 0.15) is 24.7 Å². The Morgan fingerprint density at radius 1 is 0.500 bits per heavy atom. The number of rotatable bonds is 12. The summed E-state index contributed by atoms with van der Waals surface area (Å²) in [7, 11) is 0. The summed E-state index contributed by atoms with van der Waals surface area (Å²) in [6.07, 6.45) is 0. The fraction of sp³-hybridized carbons (Fsp3) is 0.286. The lowest BCUT2D eigenvalue weighted by molar-refractivity contribution is 0.0705. The molecule has 5 rings (SSSR count). The van der Waals surface area contributed by atoms with Crippen molar-refractivity contribution >= 4 is 32.3 Å². The quantitative estimate of drug-likeness (QED) is 0.160. The Labute approximate surface area is 226 Å². The molecular formula is C28H28N2O10. The van der Waals surface area contributed by atoms with Gasteiger partial charge in [0.05, 0.1) is 61.2 Å². The molecule has 12 nitrogen and oxygen atoms in total.